The Kier molecular flexibility index (Phi) is 31.5. The van der Waals surface area contributed by atoms with E-state index in [1.165, 1.54) is 51.4 Å². The van der Waals surface area contributed by atoms with E-state index in [0.717, 1.165) is 64.2 Å². The lowest BCUT2D eigenvalue weighted by molar-refractivity contribution is -0.154. The molecule has 47 heavy (non-hydrogen) atoms. The predicted molar refractivity (Wildman–Crippen MR) is 189 cm³/mol. The average Bonchev–Trinajstić information content (AvgIpc) is 3.04. The van der Waals surface area contributed by atoms with Gasteiger partial charge in [0.2, 0.25) is 0 Å². The number of nitrogens with two attached hydrogens (primary N) is 1. The highest BCUT2D eigenvalue weighted by Crippen LogP contribution is 2.43. The lowest BCUT2D eigenvalue weighted by atomic mass is 10.1. The standard InChI is InChI=1S/C36H66NO9P/c1-3-5-7-9-11-13-14-15-16-17-18-19-21-23-25-27-29-43-30-33(31-44-47(41,42)45-32-34(37)36(39)40)46-35(38)28-26-24-22-20-12-10-8-6-4-2/h5,7,11,13,15-16,33-34H,3-4,6,8-10,12,14,17-32,37H2,1-2H3,(H,39,40)(H,41,42)/b7-5-,13-11-,16-15-. The fourth-order valence-corrected chi connectivity index (χ4v) is 5.39. The highest BCUT2D eigenvalue weighted by molar-refractivity contribution is 7.47. The Morgan fingerprint density at radius 2 is 1.23 bits per heavy atom. The molecule has 3 unspecified atom stereocenters. The van der Waals surface area contributed by atoms with E-state index in [2.05, 4.69) is 54.8 Å². The largest absolute Gasteiger partial charge is 0.480 e. The number of ether oxygens (including phenoxy) is 2. The number of phosphoric ester groups is 1. The van der Waals surface area contributed by atoms with Gasteiger partial charge in [-0.1, -0.05) is 127 Å². The third kappa shape index (κ3) is 32.5. The summed E-state index contributed by atoms with van der Waals surface area (Å²) in [5, 5.41) is 8.84. The van der Waals surface area contributed by atoms with Gasteiger partial charge in [0.05, 0.1) is 19.8 Å². The van der Waals surface area contributed by atoms with Crippen LogP contribution in [0.15, 0.2) is 36.5 Å². The monoisotopic (exact) mass is 687 g/mol. The van der Waals surface area contributed by atoms with Gasteiger partial charge in [0.1, 0.15) is 12.1 Å². The number of hydrogen-bond acceptors (Lipinski definition) is 8. The number of allylic oxidation sites excluding steroid dienone is 6. The van der Waals surface area contributed by atoms with Crippen molar-refractivity contribution in [2.45, 2.75) is 154 Å². The van der Waals surface area contributed by atoms with Crippen molar-refractivity contribution >= 4 is 19.8 Å². The second-order valence-corrected chi connectivity index (χ2v) is 13.4. The number of carbonyl (C=O) groups excluding carboxylic acids is 1. The number of aliphatic carboxylic acids is 1. The van der Waals surface area contributed by atoms with E-state index < -0.39 is 45.1 Å². The zero-order valence-electron chi connectivity index (χ0n) is 29.4. The molecule has 274 valence electrons. The molecule has 0 heterocycles. The van der Waals surface area contributed by atoms with E-state index in [1.807, 2.05) is 0 Å². The summed E-state index contributed by atoms with van der Waals surface area (Å²) >= 11 is 0. The maximum absolute atomic E-state index is 12.5. The van der Waals surface area contributed by atoms with Crippen LogP contribution < -0.4 is 5.73 Å². The maximum atomic E-state index is 12.5. The first-order chi connectivity index (χ1) is 22.7. The first kappa shape index (κ1) is 45.2. The second kappa shape index (κ2) is 32.7. The van der Waals surface area contributed by atoms with Crippen LogP contribution in [0.4, 0.5) is 0 Å². The van der Waals surface area contributed by atoms with Crippen LogP contribution in [0.3, 0.4) is 0 Å². The van der Waals surface area contributed by atoms with Gasteiger partial charge in [0, 0.05) is 13.0 Å². The summed E-state index contributed by atoms with van der Waals surface area (Å²) in [7, 11) is -4.61. The molecule has 0 aromatic heterocycles. The number of phosphoric acid groups is 1. The van der Waals surface area contributed by atoms with Gasteiger partial charge < -0.3 is 25.2 Å². The summed E-state index contributed by atoms with van der Waals surface area (Å²) in [4.78, 5) is 33.2. The van der Waals surface area contributed by atoms with Gasteiger partial charge in [-0.3, -0.25) is 18.6 Å². The molecule has 0 fully saturated rings. The molecule has 0 rings (SSSR count). The number of esters is 1. The lowest BCUT2D eigenvalue weighted by Crippen LogP contribution is -2.34. The van der Waals surface area contributed by atoms with Crippen molar-refractivity contribution in [3.63, 3.8) is 0 Å². The van der Waals surface area contributed by atoms with Crippen LogP contribution in [0.5, 0.6) is 0 Å². The van der Waals surface area contributed by atoms with Gasteiger partial charge in [-0.2, -0.15) is 0 Å². The number of unbranched alkanes of at least 4 members (excludes halogenated alkanes) is 14. The first-order valence-corrected chi connectivity index (χ1v) is 19.5. The van der Waals surface area contributed by atoms with E-state index in [0.29, 0.717) is 13.0 Å². The van der Waals surface area contributed by atoms with Crippen molar-refractivity contribution in [1.82, 2.24) is 0 Å². The average molecular weight is 688 g/mol. The van der Waals surface area contributed by atoms with E-state index >= 15 is 0 Å². The maximum Gasteiger partial charge on any atom is 0.472 e. The van der Waals surface area contributed by atoms with E-state index in [9.17, 15) is 19.0 Å². The molecule has 0 aromatic rings. The number of rotatable bonds is 34. The van der Waals surface area contributed by atoms with E-state index in [4.69, 9.17) is 24.8 Å². The van der Waals surface area contributed by atoms with Gasteiger partial charge in [0.15, 0.2) is 0 Å². The van der Waals surface area contributed by atoms with Crippen molar-refractivity contribution in [3.8, 4) is 0 Å². The molecule has 10 nitrogen and oxygen atoms in total. The minimum absolute atomic E-state index is 0.00903. The Morgan fingerprint density at radius 3 is 1.85 bits per heavy atom. The Labute approximate surface area is 285 Å². The van der Waals surface area contributed by atoms with Gasteiger partial charge in [0.25, 0.3) is 0 Å². The summed E-state index contributed by atoms with van der Waals surface area (Å²) in [6.45, 7) is 3.69. The van der Waals surface area contributed by atoms with Gasteiger partial charge in [-0.25, -0.2) is 4.57 Å². The van der Waals surface area contributed by atoms with Gasteiger partial charge in [-0.05, 0) is 44.9 Å². The molecule has 3 atom stereocenters. The molecule has 0 aliphatic carbocycles. The van der Waals surface area contributed by atoms with Crippen LogP contribution in [0.2, 0.25) is 0 Å². The SMILES string of the molecule is CC/C=C\C/C=C\C/C=C\CCCCCCCCOCC(COP(=O)(O)OCC(N)C(=O)O)OC(=O)CCCCCCCCCCC. The molecule has 0 amide bonds. The number of hydrogen-bond donors (Lipinski definition) is 3. The Hall–Kier alpha value is -1.81. The van der Waals surface area contributed by atoms with Crippen LogP contribution in [0.25, 0.3) is 0 Å². The molecule has 4 N–H and O–H groups in total. The van der Waals surface area contributed by atoms with Crippen LogP contribution in [0, 0.1) is 0 Å². The Bertz CT molecular complexity index is 894. The van der Waals surface area contributed by atoms with Crippen LogP contribution in [-0.4, -0.2) is 60.5 Å². The Balaban J connectivity index is 4.31. The topological polar surface area (TPSA) is 155 Å². The molecular weight excluding hydrogens is 621 g/mol. The number of carboxylic acids is 1. The molecule has 0 aliphatic heterocycles. The summed E-state index contributed by atoms with van der Waals surface area (Å²) in [5.74, 6) is -1.79. The Morgan fingerprint density at radius 1 is 0.702 bits per heavy atom. The second-order valence-electron chi connectivity index (χ2n) is 12.0. The zero-order chi connectivity index (χ0) is 34.9. The third-order valence-electron chi connectivity index (χ3n) is 7.43. The normalized spacial score (nSPS) is 14.6. The molecule has 0 saturated heterocycles. The molecular formula is C36H66NO9P. The fourth-order valence-electron chi connectivity index (χ4n) is 4.62. The molecule has 0 aromatic carbocycles. The quantitative estimate of drug-likeness (QED) is 0.0258. The van der Waals surface area contributed by atoms with Gasteiger partial charge >= 0.3 is 19.8 Å². The molecule has 0 aliphatic rings. The van der Waals surface area contributed by atoms with Crippen molar-refractivity contribution < 1.29 is 42.7 Å². The smallest absolute Gasteiger partial charge is 0.472 e. The van der Waals surface area contributed by atoms with Crippen LogP contribution in [-0.2, 0) is 32.7 Å². The highest BCUT2D eigenvalue weighted by atomic mass is 31.2. The minimum Gasteiger partial charge on any atom is -0.480 e. The van der Waals surface area contributed by atoms with E-state index in [-0.39, 0.29) is 13.0 Å². The molecule has 0 spiro atoms. The van der Waals surface area contributed by atoms with Crippen LogP contribution >= 0.6 is 7.82 Å². The highest BCUT2D eigenvalue weighted by Gasteiger charge is 2.27. The number of carboxylic acid groups (broad SMARTS) is 1. The molecule has 0 saturated carbocycles. The molecule has 11 heteroatoms. The zero-order valence-corrected chi connectivity index (χ0v) is 30.3. The summed E-state index contributed by atoms with van der Waals surface area (Å²) in [6, 6.07) is -1.47. The van der Waals surface area contributed by atoms with Gasteiger partial charge in [-0.15, -0.1) is 0 Å². The van der Waals surface area contributed by atoms with Crippen LogP contribution in [0.1, 0.15) is 142 Å². The molecule has 0 bridgehead atoms. The fraction of sp³-hybridized carbons (Fsp3) is 0.778. The van der Waals surface area contributed by atoms with Crippen molar-refractivity contribution in [2.24, 2.45) is 5.73 Å². The van der Waals surface area contributed by atoms with E-state index in [1.54, 1.807) is 0 Å². The molecule has 0 radical (unpaired) electrons. The van der Waals surface area contributed by atoms with Crippen molar-refractivity contribution in [1.29, 1.82) is 0 Å². The summed E-state index contributed by atoms with van der Waals surface area (Å²) < 4.78 is 33.1. The van der Waals surface area contributed by atoms with Crippen molar-refractivity contribution in [2.75, 3.05) is 26.4 Å². The van der Waals surface area contributed by atoms with Crippen molar-refractivity contribution in [3.05, 3.63) is 36.5 Å². The summed E-state index contributed by atoms with van der Waals surface area (Å²) in [5.41, 5.74) is 5.32. The minimum atomic E-state index is -4.61. The number of carbonyl (C=O) groups is 2. The first-order valence-electron chi connectivity index (χ1n) is 18.0. The lowest BCUT2D eigenvalue weighted by Gasteiger charge is -2.20. The summed E-state index contributed by atoms with van der Waals surface area (Å²) in [6.07, 6.45) is 33.5. The predicted octanol–water partition coefficient (Wildman–Crippen LogP) is 8.97. The third-order valence-corrected chi connectivity index (χ3v) is 8.38.